The summed E-state index contributed by atoms with van der Waals surface area (Å²) in [6, 6.07) is 5.69. The monoisotopic (exact) mass is 278 g/mol. The lowest BCUT2D eigenvalue weighted by molar-refractivity contribution is 0.0431. The van der Waals surface area contributed by atoms with E-state index in [1.54, 1.807) is 0 Å². The molecule has 1 aliphatic heterocycles. The number of nitrogens with one attached hydrogen (secondary N) is 1. The Balaban J connectivity index is 2.18. The lowest BCUT2D eigenvalue weighted by atomic mass is 9.92. The van der Waals surface area contributed by atoms with Crippen LogP contribution in [-0.4, -0.2) is 30.1 Å². The van der Waals surface area contributed by atoms with E-state index in [2.05, 4.69) is 57.0 Å². The molecule has 0 aromatic carbocycles. The minimum absolute atomic E-state index is 0.347. The molecule has 1 saturated heterocycles. The molecule has 3 unspecified atom stereocenters. The van der Waals surface area contributed by atoms with Crippen molar-refractivity contribution in [2.45, 2.75) is 59.7 Å². The Morgan fingerprint density at radius 3 is 2.35 bits per heavy atom. The fourth-order valence-corrected chi connectivity index (χ4v) is 3.17. The first-order valence-corrected chi connectivity index (χ1v) is 7.95. The number of rotatable bonds is 4. The fraction of sp³-hybridized carbons (Fsp3) is 0.765. The zero-order valence-corrected chi connectivity index (χ0v) is 13.8. The summed E-state index contributed by atoms with van der Waals surface area (Å²) in [5, 5.41) is 3.72. The quantitative estimate of drug-likeness (QED) is 0.912. The van der Waals surface area contributed by atoms with Gasteiger partial charge in [0.2, 0.25) is 0 Å². The number of hydrogen-bond acceptors (Lipinski definition) is 3. The van der Waals surface area contributed by atoms with Crippen LogP contribution in [0.25, 0.3) is 0 Å². The third kappa shape index (κ3) is 3.26. The minimum atomic E-state index is 0.347. The minimum Gasteiger partial charge on any atom is -0.465 e. The molecule has 114 valence electrons. The second-order valence-electron chi connectivity index (χ2n) is 6.89. The van der Waals surface area contributed by atoms with Crippen molar-refractivity contribution in [3.8, 4) is 0 Å². The van der Waals surface area contributed by atoms with Gasteiger partial charge in [-0.15, -0.1) is 0 Å². The van der Waals surface area contributed by atoms with Crippen LogP contribution >= 0.6 is 0 Å². The smallest absolute Gasteiger partial charge is 0.121 e. The van der Waals surface area contributed by atoms with Gasteiger partial charge in [-0.1, -0.05) is 27.7 Å². The van der Waals surface area contributed by atoms with Crippen molar-refractivity contribution < 1.29 is 4.42 Å². The molecule has 20 heavy (non-hydrogen) atoms. The van der Waals surface area contributed by atoms with Gasteiger partial charge in [-0.05, 0) is 37.8 Å². The zero-order valence-electron chi connectivity index (χ0n) is 13.8. The standard InChI is InChI=1S/C17H30N2O/c1-11(2)15-10-19(16(9-18-15)12(3)4)14(6)17-8-7-13(5)20-17/h7-8,11-12,14-16,18H,9-10H2,1-6H3. The number of furan rings is 1. The van der Waals surface area contributed by atoms with Crippen molar-refractivity contribution in [3.63, 3.8) is 0 Å². The van der Waals surface area contributed by atoms with E-state index in [1.807, 2.05) is 6.92 Å². The molecule has 0 radical (unpaired) electrons. The van der Waals surface area contributed by atoms with Gasteiger partial charge in [0.1, 0.15) is 11.5 Å². The average Bonchev–Trinajstić information content (AvgIpc) is 2.83. The van der Waals surface area contributed by atoms with Gasteiger partial charge in [-0.25, -0.2) is 0 Å². The summed E-state index contributed by atoms with van der Waals surface area (Å²) in [5.41, 5.74) is 0. The summed E-state index contributed by atoms with van der Waals surface area (Å²) < 4.78 is 5.86. The Bertz CT molecular complexity index is 424. The van der Waals surface area contributed by atoms with Crippen LogP contribution in [0.5, 0.6) is 0 Å². The van der Waals surface area contributed by atoms with E-state index in [9.17, 15) is 0 Å². The Kier molecular flexibility index (Phi) is 4.92. The van der Waals surface area contributed by atoms with Crippen molar-refractivity contribution in [1.82, 2.24) is 10.2 Å². The molecule has 3 nitrogen and oxygen atoms in total. The number of nitrogens with zero attached hydrogens (tertiary/aromatic N) is 1. The summed E-state index contributed by atoms with van der Waals surface area (Å²) in [5.74, 6) is 3.41. The van der Waals surface area contributed by atoms with Crippen molar-refractivity contribution in [2.75, 3.05) is 13.1 Å². The van der Waals surface area contributed by atoms with Crippen LogP contribution in [0.4, 0.5) is 0 Å². The highest BCUT2D eigenvalue weighted by Crippen LogP contribution is 2.29. The molecule has 1 aliphatic rings. The number of piperazine rings is 1. The fourth-order valence-electron chi connectivity index (χ4n) is 3.17. The van der Waals surface area contributed by atoms with Gasteiger partial charge in [0, 0.05) is 25.2 Å². The number of hydrogen-bond donors (Lipinski definition) is 1. The van der Waals surface area contributed by atoms with Gasteiger partial charge in [0.05, 0.1) is 6.04 Å². The van der Waals surface area contributed by atoms with E-state index in [0.29, 0.717) is 30.0 Å². The first kappa shape index (κ1) is 15.6. The second kappa shape index (κ2) is 6.31. The van der Waals surface area contributed by atoms with Crippen molar-refractivity contribution in [3.05, 3.63) is 23.7 Å². The van der Waals surface area contributed by atoms with Gasteiger partial charge < -0.3 is 9.73 Å². The van der Waals surface area contributed by atoms with Crippen LogP contribution in [0.2, 0.25) is 0 Å². The maximum Gasteiger partial charge on any atom is 0.121 e. The molecule has 2 heterocycles. The molecule has 3 atom stereocenters. The third-order valence-electron chi connectivity index (χ3n) is 4.67. The molecule has 0 aliphatic carbocycles. The van der Waals surface area contributed by atoms with Gasteiger partial charge in [0.25, 0.3) is 0 Å². The second-order valence-corrected chi connectivity index (χ2v) is 6.89. The topological polar surface area (TPSA) is 28.4 Å². The molecule has 1 N–H and O–H groups in total. The van der Waals surface area contributed by atoms with E-state index < -0.39 is 0 Å². The van der Waals surface area contributed by atoms with E-state index in [1.165, 1.54) is 0 Å². The van der Waals surface area contributed by atoms with Crippen LogP contribution < -0.4 is 5.32 Å². The predicted molar refractivity (Wildman–Crippen MR) is 83.8 cm³/mol. The lowest BCUT2D eigenvalue weighted by Gasteiger charge is -2.46. The average molecular weight is 278 g/mol. The van der Waals surface area contributed by atoms with E-state index >= 15 is 0 Å². The molecular formula is C17H30N2O. The number of aryl methyl sites for hydroxylation is 1. The molecular weight excluding hydrogens is 248 g/mol. The Labute approximate surface area is 123 Å². The molecule has 2 rings (SSSR count). The zero-order chi connectivity index (χ0) is 14.9. The van der Waals surface area contributed by atoms with Crippen LogP contribution in [-0.2, 0) is 0 Å². The van der Waals surface area contributed by atoms with Gasteiger partial charge in [-0.2, -0.15) is 0 Å². The maximum atomic E-state index is 5.86. The van der Waals surface area contributed by atoms with Crippen LogP contribution in [0.3, 0.4) is 0 Å². The summed E-state index contributed by atoms with van der Waals surface area (Å²) in [7, 11) is 0. The highest BCUT2D eigenvalue weighted by molar-refractivity contribution is 5.10. The van der Waals surface area contributed by atoms with Gasteiger partial charge in [0.15, 0.2) is 0 Å². The van der Waals surface area contributed by atoms with Crippen molar-refractivity contribution in [1.29, 1.82) is 0 Å². The normalized spacial score (nSPS) is 26.4. The lowest BCUT2D eigenvalue weighted by Crippen LogP contribution is -2.60. The highest BCUT2D eigenvalue weighted by Gasteiger charge is 2.35. The molecule has 0 bridgehead atoms. The van der Waals surface area contributed by atoms with E-state index in [0.717, 1.165) is 24.6 Å². The summed E-state index contributed by atoms with van der Waals surface area (Å²) in [6.07, 6.45) is 0. The molecule has 3 heteroatoms. The van der Waals surface area contributed by atoms with E-state index in [-0.39, 0.29) is 0 Å². The molecule has 0 spiro atoms. The predicted octanol–water partition coefficient (Wildman–Crippen LogP) is 3.60. The Hall–Kier alpha value is -0.800. The summed E-state index contributed by atoms with van der Waals surface area (Å²) >= 11 is 0. The van der Waals surface area contributed by atoms with Gasteiger partial charge >= 0.3 is 0 Å². The van der Waals surface area contributed by atoms with Crippen LogP contribution in [0.15, 0.2) is 16.5 Å². The molecule has 1 aromatic rings. The molecule has 0 saturated carbocycles. The molecule has 1 fully saturated rings. The Morgan fingerprint density at radius 1 is 1.15 bits per heavy atom. The van der Waals surface area contributed by atoms with E-state index in [4.69, 9.17) is 4.42 Å². The summed E-state index contributed by atoms with van der Waals surface area (Å²) in [6.45, 7) is 15.7. The SMILES string of the molecule is Cc1ccc(C(C)N2CC(C(C)C)NCC2C(C)C)o1. The first-order valence-electron chi connectivity index (χ1n) is 7.95. The maximum absolute atomic E-state index is 5.86. The Morgan fingerprint density at radius 2 is 1.85 bits per heavy atom. The molecule has 0 amide bonds. The molecule has 1 aromatic heterocycles. The first-order chi connectivity index (χ1) is 9.40. The van der Waals surface area contributed by atoms with Gasteiger partial charge in [-0.3, -0.25) is 4.90 Å². The third-order valence-corrected chi connectivity index (χ3v) is 4.67. The largest absolute Gasteiger partial charge is 0.465 e. The van der Waals surface area contributed by atoms with Crippen LogP contribution in [0, 0.1) is 18.8 Å². The van der Waals surface area contributed by atoms with Crippen molar-refractivity contribution in [2.24, 2.45) is 11.8 Å². The highest BCUT2D eigenvalue weighted by atomic mass is 16.3. The summed E-state index contributed by atoms with van der Waals surface area (Å²) in [4.78, 5) is 2.63. The van der Waals surface area contributed by atoms with Crippen molar-refractivity contribution >= 4 is 0 Å². The van der Waals surface area contributed by atoms with Crippen LogP contribution in [0.1, 0.15) is 52.2 Å².